The molecule has 48 valence electrons. The summed E-state index contributed by atoms with van der Waals surface area (Å²) in [4.78, 5) is 9.73. The van der Waals surface area contributed by atoms with E-state index in [1.807, 2.05) is 6.92 Å². The molecule has 8 heavy (non-hydrogen) atoms. The fourth-order valence-corrected chi connectivity index (χ4v) is 0.377. The second-order valence-electron chi connectivity index (χ2n) is 1.40. The van der Waals surface area contributed by atoms with Crippen molar-refractivity contribution in [3.05, 3.63) is 0 Å². The SMILES string of the molecule is CCOC(N)CC=O. The fraction of sp³-hybridized carbons (Fsp3) is 0.800. The molecule has 2 N–H and O–H groups in total. The largest absolute Gasteiger partial charge is 0.363 e. The van der Waals surface area contributed by atoms with Crippen molar-refractivity contribution in [3.8, 4) is 0 Å². The smallest absolute Gasteiger partial charge is 0.123 e. The van der Waals surface area contributed by atoms with Crippen LogP contribution in [0.5, 0.6) is 0 Å². The third-order valence-corrected chi connectivity index (χ3v) is 0.709. The van der Waals surface area contributed by atoms with Crippen LogP contribution >= 0.6 is 0 Å². The van der Waals surface area contributed by atoms with Crippen LogP contribution in [0.2, 0.25) is 0 Å². The summed E-state index contributed by atoms with van der Waals surface area (Å²) in [7, 11) is 0. The molecule has 0 saturated carbocycles. The van der Waals surface area contributed by atoms with Gasteiger partial charge >= 0.3 is 0 Å². The maximum Gasteiger partial charge on any atom is 0.123 e. The van der Waals surface area contributed by atoms with Gasteiger partial charge < -0.3 is 15.3 Å². The van der Waals surface area contributed by atoms with Gasteiger partial charge in [0, 0.05) is 13.0 Å². The molecule has 3 heteroatoms. The number of nitrogens with two attached hydrogens (primary N) is 1. The maximum atomic E-state index is 9.73. The minimum absolute atomic E-state index is 0.286. The molecule has 1 unspecified atom stereocenters. The first-order valence-corrected chi connectivity index (χ1v) is 2.62. The van der Waals surface area contributed by atoms with Gasteiger partial charge in [-0.15, -0.1) is 0 Å². The van der Waals surface area contributed by atoms with Crippen molar-refractivity contribution in [1.29, 1.82) is 0 Å². The molecule has 0 aliphatic carbocycles. The Balaban J connectivity index is 3.03. The van der Waals surface area contributed by atoms with Gasteiger partial charge in [-0.3, -0.25) is 0 Å². The molecule has 0 aromatic heterocycles. The Morgan fingerprint density at radius 1 is 1.88 bits per heavy atom. The second-order valence-corrected chi connectivity index (χ2v) is 1.40. The van der Waals surface area contributed by atoms with Gasteiger partial charge in [-0.2, -0.15) is 0 Å². The topological polar surface area (TPSA) is 52.3 Å². The Kier molecular flexibility index (Phi) is 4.50. The highest BCUT2D eigenvalue weighted by Crippen LogP contribution is 1.84. The zero-order chi connectivity index (χ0) is 6.41. The Hall–Kier alpha value is -0.410. The molecule has 0 rings (SSSR count). The first-order chi connectivity index (χ1) is 3.81. The van der Waals surface area contributed by atoms with Gasteiger partial charge in [0.2, 0.25) is 0 Å². The molecule has 1 atom stereocenters. The van der Waals surface area contributed by atoms with E-state index in [1.165, 1.54) is 0 Å². The van der Waals surface area contributed by atoms with Gasteiger partial charge in [0.1, 0.15) is 12.5 Å². The summed E-state index contributed by atoms with van der Waals surface area (Å²) in [5.41, 5.74) is 5.24. The van der Waals surface area contributed by atoms with E-state index in [2.05, 4.69) is 0 Å². The molecular formula is C5H11NO2. The van der Waals surface area contributed by atoms with Crippen molar-refractivity contribution in [2.24, 2.45) is 5.73 Å². The average Bonchev–Trinajstić information content (AvgIpc) is 1.68. The number of carbonyl (C=O) groups excluding carboxylic acids is 1. The van der Waals surface area contributed by atoms with Crippen LogP contribution in [-0.4, -0.2) is 19.1 Å². The molecule has 0 spiro atoms. The van der Waals surface area contributed by atoms with Crippen molar-refractivity contribution >= 4 is 6.29 Å². The number of hydrogen-bond donors (Lipinski definition) is 1. The summed E-state index contributed by atoms with van der Waals surface area (Å²) in [6.45, 7) is 2.40. The van der Waals surface area contributed by atoms with Gasteiger partial charge in [-0.05, 0) is 6.92 Å². The lowest BCUT2D eigenvalue weighted by Crippen LogP contribution is -2.23. The van der Waals surface area contributed by atoms with Crippen molar-refractivity contribution < 1.29 is 9.53 Å². The number of carbonyl (C=O) groups is 1. The fourth-order valence-electron chi connectivity index (χ4n) is 0.377. The molecule has 0 saturated heterocycles. The summed E-state index contributed by atoms with van der Waals surface area (Å²) < 4.78 is 4.83. The van der Waals surface area contributed by atoms with Crippen LogP contribution in [0.3, 0.4) is 0 Å². The molecule has 0 aromatic rings. The van der Waals surface area contributed by atoms with Crippen molar-refractivity contribution in [3.63, 3.8) is 0 Å². The molecule has 0 bridgehead atoms. The van der Waals surface area contributed by atoms with E-state index in [0.717, 1.165) is 6.29 Å². The molecular weight excluding hydrogens is 106 g/mol. The quantitative estimate of drug-likeness (QED) is 0.413. The van der Waals surface area contributed by atoms with E-state index in [9.17, 15) is 4.79 Å². The molecule has 0 radical (unpaired) electrons. The highest BCUT2D eigenvalue weighted by Gasteiger charge is 1.96. The third kappa shape index (κ3) is 3.77. The summed E-state index contributed by atoms with van der Waals surface area (Å²) >= 11 is 0. The maximum absolute atomic E-state index is 9.73. The first-order valence-electron chi connectivity index (χ1n) is 2.62. The molecule has 0 aliphatic heterocycles. The molecule has 3 nitrogen and oxygen atoms in total. The van der Waals surface area contributed by atoms with E-state index in [4.69, 9.17) is 10.5 Å². The predicted octanol–water partition coefficient (Wildman–Crippen LogP) is -0.103. The number of ether oxygens (including phenoxy) is 1. The summed E-state index contributed by atoms with van der Waals surface area (Å²) in [5.74, 6) is 0. The number of hydrogen-bond acceptors (Lipinski definition) is 3. The van der Waals surface area contributed by atoms with Crippen LogP contribution in [0.15, 0.2) is 0 Å². The van der Waals surface area contributed by atoms with E-state index >= 15 is 0 Å². The molecule has 0 aromatic carbocycles. The van der Waals surface area contributed by atoms with Crippen LogP contribution in [-0.2, 0) is 9.53 Å². The Labute approximate surface area is 48.8 Å². The number of rotatable bonds is 4. The monoisotopic (exact) mass is 117 g/mol. The Morgan fingerprint density at radius 3 is 2.88 bits per heavy atom. The van der Waals surface area contributed by atoms with Crippen molar-refractivity contribution in [2.45, 2.75) is 19.6 Å². The van der Waals surface area contributed by atoms with E-state index in [1.54, 1.807) is 0 Å². The Morgan fingerprint density at radius 2 is 2.50 bits per heavy atom. The second kappa shape index (κ2) is 4.74. The lowest BCUT2D eigenvalue weighted by Gasteiger charge is -2.05. The molecule has 0 amide bonds. The highest BCUT2D eigenvalue weighted by molar-refractivity contribution is 5.49. The molecule has 0 aliphatic rings. The predicted molar refractivity (Wildman–Crippen MR) is 30.3 cm³/mol. The van der Waals surface area contributed by atoms with Crippen LogP contribution < -0.4 is 5.73 Å². The molecule has 0 heterocycles. The van der Waals surface area contributed by atoms with E-state index < -0.39 is 6.23 Å². The zero-order valence-corrected chi connectivity index (χ0v) is 4.96. The molecule has 0 fully saturated rings. The van der Waals surface area contributed by atoms with Gasteiger partial charge in [0.15, 0.2) is 0 Å². The highest BCUT2D eigenvalue weighted by atomic mass is 16.5. The van der Waals surface area contributed by atoms with Gasteiger partial charge in [0.25, 0.3) is 0 Å². The van der Waals surface area contributed by atoms with Gasteiger partial charge in [0.05, 0.1) is 0 Å². The first kappa shape index (κ1) is 7.59. The number of aldehydes is 1. The lowest BCUT2D eigenvalue weighted by molar-refractivity contribution is -0.110. The van der Waals surface area contributed by atoms with E-state index in [-0.39, 0.29) is 6.42 Å². The van der Waals surface area contributed by atoms with E-state index in [0.29, 0.717) is 6.61 Å². The Bertz CT molecular complexity index is 65.4. The van der Waals surface area contributed by atoms with Crippen molar-refractivity contribution in [2.75, 3.05) is 6.61 Å². The minimum atomic E-state index is -0.405. The lowest BCUT2D eigenvalue weighted by atomic mass is 10.4. The summed E-state index contributed by atoms with van der Waals surface area (Å²) in [5, 5.41) is 0. The summed E-state index contributed by atoms with van der Waals surface area (Å²) in [6, 6.07) is 0. The van der Waals surface area contributed by atoms with Crippen LogP contribution in [0, 0.1) is 0 Å². The standard InChI is InChI=1S/C5H11NO2/c1-2-8-5(6)3-4-7/h4-5H,2-3,6H2,1H3. The normalized spacial score (nSPS) is 13.2. The van der Waals surface area contributed by atoms with Crippen LogP contribution in [0.25, 0.3) is 0 Å². The minimum Gasteiger partial charge on any atom is -0.363 e. The van der Waals surface area contributed by atoms with Crippen molar-refractivity contribution in [1.82, 2.24) is 0 Å². The zero-order valence-electron chi connectivity index (χ0n) is 4.96. The summed E-state index contributed by atoms with van der Waals surface area (Å²) in [6.07, 6.45) is 0.631. The third-order valence-electron chi connectivity index (χ3n) is 0.709. The van der Waals surface area contributed by atoms with Crippen LogP contribution in [0.4, 0.5) is 0 Å². The average molecular weight is 117 g/mol. The van der Waals surface area contributed by atoms with Crippen LogP contribution in [0.1, 0.15) is 13.3 Å². The van der Waals surface area contributed by atoms with Gasteiger partial charge in [-0.25, -0.2) is 0 Å². The van der Waals surface area contributed by atoms with Gasteiger partial charge in [-0.1, -0.05) is 0 Å².